The monoisotopic (exact) mass is 344 g/mol. The number of pyridine rings is 1. The van der Waals surface area contributed by atoms with Gasteiger partial charge in [-0.3, -0.25) is 4.98 Å². The molecule has 100 valence electrons. The molecule has 0 saturated heterocycles. The maximum atomic E-state index is 13.6. The van der Waals surface area contributed by atoms with Crippen molar-refractivity contribution in [1.82, 2.24) is 4.98 Å². The summed E-state index contributed by atoms with van der Waals surface area (Å²) in [5.41, 5.74) is 5.91. The second-order valence-electron chi connectivity index (χ2n) is 3.92. The Bertz CT molecular complexity index is 702. The smallest absolute Gasteiger partial charge is 0.186 e. The Hall–Kier alpha value is -1.47. The van der Waals surface area contributed by atoms with E-state index < -0.39 is 15.7 Å². The van der Waals surface area contributed by atoms with Crippen molar-refractivity contribution < 1.29 is 12.8 Å². The molecule has 0 fully saturated rings. The number of nitrogens with zero attached hydrogens (tertiary/aromatic N) is 1. The SMILES string of the molecule is Nc1ccc(S(=O)(=O)Cc2ccc(Br)cn2)c(F)c1. The Kier molecular flexibility index (Phi) is 3.86. The fourth-order valence-electron chi connectivity index (χ4n) is 1.53. The summed E-state index contributed by atoms with van der Waals surface area (Å²) in [5.74, 6) is -1.21. The van der Waals surface area contributed by atoms with Gasteiger partial charge in [0.2, 0.25) is 0 Å². The van der Waals surface area contributed by atoms with Crippen LogP contribution in [-0.4, -0.2) is 13.4 Å². The number of benzene rings is 1. The molecule has 2 rings (SSSR count). The number of sulfone groups is 1. The van der Waals surface area contributed by atoms with Crippen molar-refractivity contribution in [1.29, 1.82) is 0 Å². The summed E-state index contributed by atoms with van der Waals surface area (Å²) in [7, 11) is -3.78. The molecule has 0 aliphatic heterocycles. The van der Waals surface area contributed by atoms with E-state index in [-0.39, 0.29) is 16.3 Å². The summed E-state index contributed by atoms with van der Waals surface area (Å²) >= 11 is 3.20. The lowest BCUT2D eigenvalue weighted by Gasteiger charge is -2.06. The standard InChI is InChI=1S/C12H10BrFN2O2S/c13-8-1-3-10(16-6-8)7-19(17,18)12-4-2-9(15)5-11(12)14/h1-6H,7,15H2. The number of rotatable bonds is 3. The lowest BCUT2D eigenvalue weighted by molar-refractivity contribution is 0.566. The van der Waals surface area contributed by atoms with E-state index in [1.807, 2.05) is 0 Å². The first-order chi connectivity index (χ1) is 8.88. The van der Waals surface area contributed by atoms with Crippen LogP contribution in [0.4, 0.5) is 10.1 Å². The molecule has 1 aromatic heterocycles. The first kappa shape index (κ1) is 14.0. The minimum absolute atomic E-state index is 0.179. The Labute approximate surface area is 118 Å². The second kappa shape index (κ2) is 5.26. The van der Waals surface area contributed by atoms with E-state index in [4.69, 9.17) is 5.73 Å². The van der Waals surface area contributed by atoms with Crippen LogP contribution in [0, 0.1) is 5.82 Å². The van der Waals surface area contributed by atoms with Gasteiger partial charge in [-0.1, -0.05) is 0 Å². The molecular formula is C12H10BrFN2O2S. The summed E-state index contributed by atoms with van der Waals surface area (Å²) in [6, 6.07) is 6.75. The molecule has 2 aromatic rings. The zero-order chi connectivity index (χ0) is 14.0. The molecule has 0 spiro atoms. The number of aromatic nitrogens is 1. The zero-order valence-electron chi connectivity index (χ0n) is 9.68. The second-order valence-corrected chi connectivity index (χ2v) is 6.79. The fraction of sp³-hybridized carbons (Fsp3) is 0.0833. The number of halogens is 2. The van der Waals surface area contributed by atoms with E-state index in [1.165, 1.54) is 18.3 Å². The molecule has 0 aliphatic rings. The topological polar surface area (TPSA) is 73.1 Å². The van der Waals surface area contributed by atoms with Crippen molar-refractivity contribution in [3.05, 3.63) is 52.5 Å². The van der Waals surface area contributed by atoms with Gasteiger partial charge in [-0.2, -0.15) is 0 Å². The number of hydrogen-bond donors (Lipinski definition) is 1. The fourth-order valence-corrected chi connectivity index (χ4v) is 3.12. The summed E-state index contributed by atoms with van der Waals surface area (Å²) in [6.45, 7) is 0. The number of hydrogen-bond acceptors (Lipinski definition) is 4. The third kappa shape index (κ3) is 3.30. The molecule has 0 amide bonds. The largest absolute Gasteiger partial charge is 0.399 e. The number of nitrogen functional groups attached to an aromatic ring is 1. The zero-order valence-corrected chi connectivity index (χ0v) is 12.1. The molecule has 1 aromatic carbocycles. The van der Waals surface area contributed by atoms with Gasteiger partial charge in [-0.15, -0.1) is 0 Å². The number of anilines is 1. The lowest BCUT2D eigenvalue weighted by atomic mass is 10.3. The van der Waals surface area contributed by atoms with Crippen LogP contribution in [0.1, 0.15) is 5.69 Å². The molecule has 0 unspecified atom stereocenters. The van der Waals surface area contributed by atoms with Crippen molar-refractivity contribution in [2.75, 3.05) is 5.73 Å². The molecule has 2 N–H and O–H groups in total. The minimum atomic E-state index is -3.78. The Morgan fingerprint density at radius 3 is 2.58 bits per heavy atom. The Morgan fingerprint density at radius 2 is 2.00 bits per heavy atom. The first-order valence-electron chi connectivity index (χ1n) is 5.27. The van der Waals surface area contributed by atoms with Crippen LogP contribution in [0.5, 0.6) is 0 Å². The highest BCUT2D eigenvalue weighted by atomic mass is 79.9. The van der Waals surface area contributed by atoms with Crippen LogP contribution in [0.3, 0.4) is 0 Å². The molecule has 0 aliphatic carbocycles. The number of nitrogens with two attached hydrogens (primary N) is 1. The molecule has 4 nitrogen and oxygen atoms in total. The third-order valence-corrected chi connectivity index (χ3v) is 4.56. The highest BCUT2D eigenvalue weighted by Crippen LogP contribution is 2.21. The average molecular weight is 345 g/mol. The van der Waals surface area contributed by atoms with Gasteiger partial charge in [0.15, 0.2) is 9.84 Å². The summed E-state index contributed by atoms with van der Waals surface area (Å²) in [5, 5.41) is 0. The third-order valence-electron chi connectivity index (χ3n) is 2.42. The summed E-state index contributed by atoms with van der Waals surface area (Å²) < 4.78 is 38.5. The van der Waals surface area contributed by atoms with Crippen LogP contribution in [0.15, 0.2) is 45.9 Å². The van der Waals surface area contributed by atoms with Gasteiger partial charge >= 0.3 is 0 Å². The van der Waals surface area contributed by atoms with E-state index >= 15 is 0 Å². The van der Waals surface area contributed by atoms with Crippen molar-refractivity contribution in [2.24, 2.45) is 0 Å². The molecular weight excluding hydrogens is 335 g/mol. The van der Waals surface area contributed by atoms with E-state index in [0.717, 1.165) is 10.5 Å². The summed E-state index contributed by atoms with van der Waals surface area (Å²) in [4.78, 5) is 3.59. The van der Waals surface area contributed by atoms with Gasteiger partial charge in [0.1, 0.15) is 10.7 Å². The van der Waals surface area contributed by atoms with Gasteiger partial charge in [0.25, 0.3) is 0 Å². The quantitative estimate of drug-likeness (QED) is 0.868. The lowest BCUT2D eigenvalue weighted by Crippen LogP contribution is -2.08. The van der Waals surface area contributed by atoms with Crippen LogP contribution in [0.2, 0.25) is 0 Å². The highest BCUT2D eigenvalue weighted by molar-refractivity contribution is 9.10. The maximum Gasteiger partial charge on any atom is 0.186 e. The van der Waals surface area contributed by atoms with Crippen LogP contribution in [0.25, 0.3) is 0 Å². The molecule has 1 heterocycles. The molecule has 7 heteroatoms. The van der Waals surface area contributed by atoms with Gasteiger partial charge in [0.05, 0.1) is 11.4 Å². The van der Waals surface area contributed by atoms with E-state index in [1.54, 1.807) is 12.1 Å². The Balaban J connectivity index is 2.35. The van der Waals surface area contributed by atoms with Gasteiger partial charge < -0.3 is 5.73 Å². The summed E-state index contributed by atoms with van der Waals surface area (Å²) in [6.07, 6.45) is 1.49. The molecule has 0 radical (unpaired) electrons. The normalized spacial score (nSPS) is 11.5. The van der Waals surface area contributed by atoms with Crippen molar-refractivity contribution >= 4 is 31.5 Å². The van der Waals surface area contributed by atoms with Crippen molar-refractivity contribution in [2.45, 2.75) is 10.6 Å². The molecule has 0 saturated carbocycles. The van der Waals surface area contributed by atoms with Crippen molar-refractivity contribution in [3.8, 4) is 0 Å². The highest BCUT2D eigenvalue weighted by Gasteiger charge is 2.20. The van der Waals surface area contributed by atoms with Gasteiger partial charge in [-0.05, 0) is 46.3 Å². The van der Waals surface area contributed by atoms with E-state index in [0.29, 0.717) is 5.69 Å². The molecule has 0 bridgehead atoms. The van der Waals surface area contributed by atoms with Crippen molar-refractivity contribution in [3.63, 3.8) is 0 Å². The predicted molar refractivity (Wildman–Crippen MR) is 73.6 cm³/mol. The average Bonchev–Trinajstić information content (AvgIpc) is 2.31. The maximum absolute atomic E-state index is 13.6. The van der Waals surface area contributed by atoms with Crippen LogP contribution in [-0.2, 0) is 15.6 Å². The van der Waals surface area contributed by atoms with Gasteiger partial charge in [-0.25, -0.2) is 12.8 Å². The van der Waals surface area contributed by atoms with E-state index in [2.05, 4.69) is 20.9 Å². The van der Waals surface area contributed by atoms with Crippen LogP contribution < -0.4 is 5.73 Å². The van der Waals surface area contributed by atoms with E-state index in [9.17, 15) is 12.8 Å². The molecule has 0 atom stereocenters. The van der Waals surface area contributed by atoms with Crippen LogP contribution >= 0.6 is 15.9 Å². The molecule has 19 heavy (non-hydrogen) atoms. The van der Waals surface area contributed by atoms with Gasteiger partial charge in [0, 0.05) is 16.4 Å². The first-order valence-corrected chi connectivity index (χ1v) is 7.71. The predicted octanol–water partition coefficient (Wildman–Crippen LogP) is 2.54. The minimum Gasteiger partial charge on any atom is -0.399 e. The Morgan fingerprint density at radius 1 is 1.26 bits per heavy atom.